The molecule has 4 nitrogen and oxygen atoms in total. The molecule has 0 spiro atoms. The molecule has 4 rings (SSSR count). The molecule has 0 amide bonds. The van der Waals surface area contributed by atoms with Gasteiger partial charge in [0.2, 0.25) is 0 Å². The lowest BCUT2D eigenvalue weighted by Gasteiger charge is -2.24. The van der Waals surface area contributed by atoms with Crippen molar-refractivity contribution in [2.45, 2.75) is 32.7 Å². The van der Waals surface area contributed by atoms with Gasteiger partial charge in [-0.1, -0.05) is 72.8 Å². The van der Waals surface area contributed by atoms with E-state index >= 15 is 0 Å². The van der Waals surface area contributed by atoms with Gasteiger partial charge in [0.15, 0.2) is 0 Å². The zero-order valence-electron chi connectivity index (χ0n) is 19.6. The standard InChI is InChI=1S/C30H31NO3/c1-2-31(28-10-4-3-5-11-28)22-24-13-15-26(16-17-30(32)33)29(21-24)34-19-18-23-12-14-25-8-6-7-9-27(25)20-23/h3-15,20-21H,2,16-19,22H2,1H3,(H,32,33). The molecular formula is C30H31NO3. The molecule has 0 atom stereocenters. The minimum atomic E-state index is -0.799. The summed E-state index contributed by atoms with van der Waals surface area (Å²) in [7, 11) is 0. The van der Waals surface area contributed by atoms with Crippen LogP contribution in [0.5, 0.6) is 5.75 Å². The number of hydrogen-bond donors (Lipinski definition) is 1. The number of aliphatic carboxylic acids is 1. The summed E-state index contributed by atoms with van der Waals surface area (Å²) in [5.74, 6) is -0.0175. The average molecular weight is 454 g/mol. The van der Waals surface area contributed by atoms with Crippen LogP contribution in [0.25, 0.3) is 10.8 Å². The minimum absolute atomic E-state index is 0.0888. The third kappa shape index (κ3) is 6.16. The van der Waals surface area contributed by atoms with Gasteiger partial charge in [-0.25, -0.2) is 0 Å². The van der Waals surface area contributed by atoms with Gasteiger partial charge in [-0.15, -0.1) is 0 Å². The van der Waals surface area contributed by atoms with Gasteiger partial charge in [-0.2, -0.15) is 0 Å². The van der Waals surface area contributed by atoms with E-state index in [9.17, 15) is 4.79 Å². The van der Waals surface area contributed by atoms with Gasteiger partial charge in [-0.05, 0) is 59.0 Å². The van der Waals surface area contributed by atoms with Crippen molar-refractivity contribution in [3.63, 3.8) is 0 Å². The maximum atomic E-state index is 11.2. The second kappa shape index (κ2) is 11.4. The molecule has 0 aliphatic heterocycles. The molecule has 4 aromatic rings. The van der Waals surface area contributed by atoms with E-state index < -0.39 is 5.97 Å². The van der Waals surface area contributed by atoms with Crippen LogP contribution in [0, 0.1) is 0 Å². The monoisotopic (exact) mass is 453 g/mol. The Hall–Kier alpha value is -3.79. The fraction of sp³-hybridized carbons (Fsp3) is 0.233. The van der Waals surface area contributed by atoms with Crippen molar-refractivity contribution in [1.29, 1.82) is 0 Å². The fourth-order valence-corrected chi connectivity index (χ4v) is 4.20. The summed E-state index contributed by atoms with van der Waals surface area (Å²) in [5, 5.41) is 11.6. The van der Waals surface area contributed by atoms with Crippen LogP contribution < -0.4 is 9.64 Å². The molecule has 0 fully saturated rings. The summed E-state index contributed by atoms with van der Waals surface area (Å²) in [6.07, 6.45) is 1.33. The van der Waals surface area contributed by atoms with E-state index in [0.29, 0.717) is 13.0 Å². The molecule has 0 radical (unpaired) electrons. The van der Waals surface area contributed by atoms with Crippen LogP contribution in [0.4, 0.5) is 5.69 Å². The lowest BCUT2D eigenvalue weighted by molar-refractivity contribution is -0.136. The molecule has 0 bridgehead atoms. The normalized spacial score (nSPS) is 10.9. The molecular weight excluding hydrogens is 422 g/mol. The van der Waals surface area contributed by atoms with Crippen molar-refractivity contribution in [1.82, 2.24) is 0 Å². The van der Waals surface area contributed by atoms with E-state index in [0.717, 1.165) is 36.4 Å². The Morgan fingerprint density at radius 3 is 2.32 bits per heavy atom. The van der Waals surface area contributed by atoms with Crippen molar-refractivity contribution in [3.8, 4) is 5.75 Å². The quantitative estimate of drug-likeness (QED) is 0.281. The molecule has 174 valence electrons. The first kappa shape index (κ1) is 23.4. The van der Waals surface area contributed by atoms with Crippen LogP contribution in [0.1, 0.15) is 30.0 Å². The van der Waals surface area contributed by atoms with E-state index in [-0.39, 0.29) is 6.42 Å². The smallest absolute Gasteiger partial charge is 0.303 e. The Balaban J connectivity index is 1.48. The van der Waals surface area contributed by atoms with Gasteiger partial charge in [-0.3, -0.25) is 4.79 Å². The van der Waals surface area contributed by atoms with Crippen LogP contribution in [0.3, 0.4) is 0 Å². The van der Waals surface area contributed by atoms with Gasteiger partial charge in [0.25, 0.3) is 0 Å². The topological polar surface area (TPSA) is 49.8 Å². The van der Waals surface area contributed by atoms with Crippen molar-refractivity contribution in [2.75, 3.05) is 18.1 Å². The Labute approximate surface area is 201 Å². The summed E-state index contributed by atoms with van der Waals surface area (Å²) in [6.45, 7) is 4.34. The van der Waals surface area contributed by atoms with Crippen LogP contribution >= 0.6 is 0 Å². The first-order valence-electron chi connectivity index (χ1n) is 11.9. The molecule has 4 heteroatoms. The van der Waals surface area contributed by atoms with Gasteiger partial charge in [0, 0.05) is 31.6 Å². The van der Waals surface area contributed by atoms with Crippen LogP contribution in [-0.2, 0) is 24.2 Å². The van der Waals surface area contributed by atoms with Crippen molar-refractivity contribution in [2.24, 2.45) is 0 Å². The lowest BCUT2D eigenvalue weighted by atomic mass is 10.0. The highest BCUT2D eigenvalue weighted by Gasteiger charge is 2.11. The maximum absolute atomic E-state index is 11.2. The number of nitrogens with zero attached hydrogens (tertiary/aromatic N) is 1. The molecule has 0 saturated heterocycles. The number of para-hydroxylation sites is 1. The first-order chi connectivity index (χ1) is 16.6. The van der Waals surface area contributed by atoms with E-state index in [1.54, 1.807) is 0 Å². The van der Waals surface area contributed by atoms with Gasteiger partial charge < -0.3 is 14.7 Å². The first-order valence-corrected chi connectivity index (χ1v) is 11.9. The van der Waals surface area contributed by atoms with E-state index in [1.165, 1.54) is 22.0 Å². The Morgan fingerprint density at radius 1 is 0.824 bits per heavy atom. The molecule has 0 saturated carbocycles. The zero-order chi connectivity index (χ0) is 23.8. The predicted molar refractivity (Wildman–Crippen MR) is 139 cm³/mol. The number of ether oxygens (including phenoxy) is 1. The molecule has 0 aromatic heterocycles. The molecule has 0 aliphatic rings. The van der Waals surface area contributed by atoms with Crippen molar-refractivity contribution < 1.29 is 14.6 Å². The number of fused-ring (bicyclic) bond motifs is 1. The molecule has 0 heterocycles. The van der Waals surface area contributed by atoms with Crippen LogP contribution in [0.15, 0.2) is 91.0 Å². The summed E-state index contributed by atoms with van der Waals surface area (Å²) in [5.41, 5.74) is 4.49. The summed E-state index contributed by atoms with van der Waals surface area (Å²) >= 11 is 0. The molecule has 0 unspecified atom stereocenters. The number of anilines is 1. The second-order valence-electron chi connectivity index (χ2n) is 8.47. The van der Waals surface area contributed by atoms with E-state index in [2.05, 4.69) is 72.5 Å². The van der Waals surface area contributed by atoms with Crippen molar-refractivity contribution >= 4 is 22.4 Å². The van der Waals surface area contributed by atoms with Gasteiger partial charge in [0.1, 0.15) is 5.75 Å². The predicted octanol–water partition coefficient (Wildman–Crippen LogP) is 6.51. The number of carboxylic acid groups (broad SMARTS) is 1. The third-order valence-electron chi connectivity index (χ3n) is 6.08. The van der Waals surface area contributed by atoms with Gasteiger partial charge in [0.05, 0.1) is 6.61 Å². The fourth-order valence-electron chi connectivity index (χ4n) is 4.20. The highest BCUT2D eigenvalue weighted by atomic mass is 16.5. The number of aryl methyl sites for hydroxylation is 1. The molecule has 1 N–H and O–H groups in total. The Bertz CT molecular complexity index is 1240. The number of carboxylic acids is 1. The summed E-state index contributed by atoms with van der Waals surface area (Å²) in [6, 6.07) is 31.4. The summed E-state index contributed by atoms with van der Waals surface area (Å²) in [4.78, 5) is 13.5. The minimum Gasteiger partial charge on any atom is -0.493 e. The Morgan fingerprint density at radius 2 is 1.56 bits per heavy atom. The lowest BCUT2D eigenvalue weighted by Crippen LogP contribution is -2.22. The second-order valence-corrected chi connectivity index (χ2v) is 8.47. The maximum Gasteiger partial charge on any atom is 0.303 e. The Kier molecular flexibility index (Phi) is 7.82. The SMILES string of the molecule is CCN(Cc1ccc(CCC(=O)O)c(OCCc2ccc3ccccc3c2)c1)c1ccccc1. The number of benzene rings is 4. The number of hydrogen-bond acceptors (Lipinski definition) is 3. The summed E-state index contributed by atoms with van der Waals surface area (Å²) < 4.78 is 6.24. The zero-order valence-corrected chi connectivity index (χ0v) is 19.6. The number of rotatable bonds is 11. The van der Waals surface area contributed by atoms with Crippen LogP contribution in [-0.4, -0.2) is 24.2 Å². The van der Waals surface area contributed by atoms with E-state index in [1.807, 2.05) is 30.3 Å². The molecule has 0 aliphatic carbocycles. The number of carbonyl (C=O) groups is 1. The third-order valence-corrected chi connectivity index (χ3v) is 6.08. The largest absolute Gasteiger partial charge is 0.493 e. The average Bonchev–Trinajstić information content (AvgIpc) is 2.87. The van der Waals surface area contributed by atoms with E-state index in [4.69, 9.17) is 9.84 Å². The van der Waals surface area contributed by atoms with Gasteiger partial charge >= 0.3 is 5.97 Å². The molecule has 34 heavy (non-hydrogen) atoms. The van der Waals surface area contributed by atoms with Crippen molar-refractivity contribution in [3.05, 3.63) is 108 Å². The molecule has 4 aromatic carbocycles. The highest BCUT2D eigenvalue weighted by Crippen LogP contribution is 2.25. The van der Waals surface area contributed by atoms with Crippen LogP contribution in [0.2, 0.25) is 0 Å². The highest BCUT2D eigenvalue weighted by molar-refractivity contribution is 5.83.